The van der Waals surface area contributed by atoms with Gasteiger partial charge in [0.15, 0.2) is 0 Å². The van der Waals surface area contributed by atoms with E-state index in [1.165, 1.54) is 25.7 Å². The fraction of sp³-hybridized carbons (Fsp3) is 0.640. The predicted molar refractivity (Wildman–Crippen MR) is 120 cm³/mol. The molecule has 0 spiro atoms. The van der Waals surface area contributed by atoms with Crippen LogP contribution in [0.25, 0.3) is 0 Å². The highest BCUT2D eigenvalue weighted by Gasteiger charge is 2.23. The zero-order chi connectivity index (χ0) is 21.7. The van der Waals surface area contributed by atoms with Crippen LogP contribution in [0.3, 0.4) is 0 Å². The maximum absolute atomic E-state index is 12.4. The molecule has 3 rings (SSSR count). The quantitative estimate of drug-likeness (QED) is 0.217. The third-order valence-electron chi connectivity index (χ3n) is 6.11. The first-order chi connectivity index (χ1) is 15.2. The minimum atomic E-state index is -0.309. The largest absolute Gasteiger partial charge is 0.461 e. The van der Waals surface area contributed by atoms with Gasteiger partial charge in [-0.2, -0.15) is 5.06 Å². The molecule has 2 aliphatic rings. The highest BCUT2D eigenvalue weighted by atomic mass is 16.7. The van der Waals surface area contributed by atoms with E-state index in [4.69, 9.17) is 14.6 Å². The first-order valence-corrected chi connectivity index (χ1v) is 11.9. The number of carbonyl (C=O) groups excluding carboxylic acids is 2. The Hall–Kier alpha value is -2.37. The molecule has 31 heavy (non-hydrogen) atoms. The molecule has 2 aliphatic carbocycles. The van der Waals surface area contributed by atoms with Gasteiger partial charge in [0, 0.05) is 12.8 Å². The van der Waals surface area contributed by atoms with Gasteiger partial charge < -0.3 is 9.57 Å². The second kappa shape index (κ2) is 13.1. The van der Waals surface area contributed by atoms with Crippen LogP contribution in [-0.4, -0.2) is 35.4 Å². The van der Waals surface area contributed by atoms with Crippen LogP contribution in [0.15, 0.2) is 35.3 Å². The van der Waals surface area contributed by atoms with Crippen molar-refractivity contribution in [3.63, 3.8) is 0 Å². The van der Waals surface area contributed by atoms with Crippen molar-refractivity contribution in [1.29, 1.82) is 0 Å². The second-order valence-corrected chi connectivity index (χ2v) is 8.67. The molecule has 0 bridgehead atoms. The highest BCUT2D eigenvalue weighted by molar-refractivity contribution is 5.73. The molecule has 0 unspecified atom stereocenters. The van der Waals surface area contributed by atoms with Gasteiger partial charge in [0.05, 0.1) is 12.1 Å². The maximum atomic E-state index is 12.4. The van der Waals surface area contributed by atoms with E-state index in [9.17, 15) is 9.59 Å². The van der Waals surface area contributed by atoms with E-state index in [1.807, 2.05) is 30.3 Å². The molecule has 0 amide bonds. The zero-order valence-electron chi connectivity index (χ0n) is 18.5. The van der Waals surface area contributed by atoms with E-state index in [0.29, 0.717) is 12.5 Å². The molecule has 1 aromatic rings. The molecular formula is C25H36N2O4. The lowest BCUT2D eigenvalue weighted by atomic mass is 9.95. The summed E-state index contributed by atoms with van der Waals surface area (Å²) in [5, 5.41) is 1.70. The van der Waals surface area contributed by atoms with Gasteiger partial charge in [-0.05, 0) is 37.7 Å². The minimum absolute atomic E-state index is 0.195. The number of esters is 1. The molecule has 6 nitrogen and oxygen atoms in total. The highest BCUT2D eigenvalue weighted by Crippen LogP contribution is 2.24. The number of aliphatic imine (C=N–C) groups is 1. The van der Waals surface area contributed by atoms with Gasteiger partial charge in [-0.25, -0.2) is 4.79 Å². The van der Waals surface area contributed by atoms with Crippen LogP contribution in [0.2, 0.25) is 0 Å². The summed E-state index contributed by atoms with van der Waals surface area (Å²) in [5.74, 6) is -0.601. The van der Waals surface area contributed by atoms with Gasteiger partial charge in [0.2, 0.25) is 0 Å². The normalized spacial score (nSPS) is 18.1. The van der Waals surface area contributed by atoms with Crippen molar-refractivity contribution in [1.82, 2.24) is 5.06 Å². The molecule has 0 radical (unpaired) electrons. The molecule has 170 valence electrons. The standard InChI is InChI=1S/C25H36N2O4/c28-24(30-19-21-11-4-1-5-12-21)17-10-18-25(29)31-27(23-15-8-3-9-16-23)20-26-22-13-6-2-7-14-22/h1,4-5,11-12,20,22-23H,2-3,6-10,13-19H2. The fourth-order valence-corrected chi connectivity index (χ4v) is 4.27. The summed E-state index contributed by atoms with van der Waals surface area (Å²) in [6.07, 6.45) is 14.2. The van der Waals surface area contributed by atoms with Crippen LogP contribution in [0.5, 0.6) is 0 Å². The maximum Gasteiger partial charge on any atom is 0.332 e. The minimum Gasteiger partial charge on any atom is -0.461 e. The van der Waals surface area contributed by atoms with Gasteiger partial charge in [-0.1, -0.05) is 68.9 Å². The third kappa shape index (κ3) is 8.72. The molecule has 1 aromatic carbocycles. The van der Waals surface area contributed by atoms with Gasteiger partial charge >= 0.3 is 11.9 Å². The molecular weight excluding hydrogens is 392 g/mol. The Kier molecular flexibility index (Phi) is 9.87. The van der Waals surface area contributed by atoms with Crippen LogP contribution in [0.1, 0.15) is 89.0 Å². The van der Waals surface area contributed by atoms with Crippen molar-refractivity contribution in [2.75, 3.05) is 0 Å². The van der Waals surface area contributed by atoms with Gasteiger partial charge in [-0.15, -0.1) is 0 Å². The first kappa shape index (κ1) is 23.3. The molecule has 0 atom stereocenters. The lowest BCUT2D eigenvalue weighted by molar-refractivity contribution is -0.180. The Labute approximate surface area is 186 Å². The molecule has 0 heterocycles. The second-order valence-electron chi connectivity index (χ2n) is 8.67. The Bertz CT molecular complexity index is 695. The number of carbonyl (C=O) groups is 2. The number of benzene rings is 1. The summed E-state index contributed by atoms with van der Waals surface area (Å²) in [4.78, 5) is 34.8. The molecule has 0 N–H and O–H groups in total. The van der Waals surface area contributed by atoms with E-state index in [0.717, 1.165) is 44.1 Å². The predicted octanol–water partition coefficient (Wildman–Crippen LogP) is 5.35. The molecule has 0 aliphatic heterocycles. The first-order valence-electron chi connectivity index (χ1n) is 11.9. The Morgan fingerprint density at radius 1 is 0.903 bits per heavy atom. The summed E-state index contributed by atoms with van der Waals surface area (Å²) in [5.41, 5.74) is 0.954. The Morgan fingerprint density at radius 2 is 1.55 bits per heavy atom. The molecule has 2 fully saturated rings. The van der Waals surface area contributed by atoms with E-state index in [-0.39, 0.29) is 37.4 Å². The van der Waals surface area contributed by atoms with Crippen LogP contribution < -0.4 is 0 Å². The number of hydrogen-bond donors (Lipinski definition) is 0. The van der Waals surface area contributed by atoms with Crippen LogP contribution >= 0.6 is 0 Å². The average Bonchev–Trinajstić information content (AvgIpc) is 2.82. The number of hydrogen-bond acceptors (Lipinski definition) is 5. The smallest absolute Gasteiger partial charge is 0.332 e. The van der Waals surface area contributed by atoms with Crippen LogP contribution in [0, 0.1) is 0 Å². The van der Waals surface area contributed by atoms with Crippen molar-refractivity contribution in [3.8, 4) is 0 Å². The lowest BCUT2D eigenvalue weighted by Crippen LogP contribution is -2.38. The zero-order valence-corrected chi connectivity index (χ0v) is 18.5. The fourth-order valence-electron chi connectivity index (χ4n) is 4.27. The van der Waals surface area contributed by atoms with Crippen LogP contribution in [0.4, 0.5) is 0 Å². The summed E-state index contributed by atoms with van der Waals surface area (Å²) in [7, 11) is 0. The van der Waals surface area contributed by atoms with Crippen molar-refractivity contribution in [2.45, 2.75) is 102 Å². The SMILES string of the molecule is O=C(CCCC(=O)ON(C=NC1CCCCC1)C1CCCCC1)OCc1ccccc1. The third-order valence-corrected chi connectivity index (χ3v) is 6.11. The average molecular weight is 429 g/mol. The van der Waals surface area contributed by atoms with Crippen LogP contribution in [-0.2, 0) is 25.8 Å². The number of rotatable bonds is 10. The molecule has 0 saturated heterocycles. The van der Waals surface area contributed by atoms with Gasteiger partial charge in [0.1, 0.15) is 12.9 Å². The molecule has 0 aromatic heterocycles. The van der Waals surface area contributed by atoms with Crippen molar-refractivity contribution < 1.29 is 19.2 Å². The Morgan fingerprint density at radius 3 is 2.26 bits per heavy atom. The summed E-state index contributed by atoms with van der Waals surface area (Å²) in [6.45, 7) is 0.261. The molecule has 6 heteroatoms. The summed E-state index contributed by atoms with van der Waals surface area (Å²) < 4.78 is 5.27. The topological polar surface area (TPSA) is 68.2 Å². The summed E-state index contributed by atoms with van der Waals surface area (Å²) in [6, 6.07) is 10.1. The van der Waals surface area contributed by atoms with E-state index in [2.05, 4.69) is 0 Å². The van der Waals surface area contributed by atoms with Gasteiger partial charge in [-0.3, -0.25) is 9.79 Å². The van der Waals surface area contributed by atoms with Crippen molar-refractivity contribution in [2.24, 2.45) is 4.99 Å². The van der Waals surface area contributed by atoms with E-state index in [1.54, 1.807) is 11.4 Å². The number of nitrogens with zero attached hydrogens (tertiary/aromatic N) is 2. The number of ether oxygens (including phenoxy) is 1. The van der Waals surface area contributed by atoms with E-state index >= 15 is 0 Å². The monoisotopic (exact) mass is 428 g/mol. The van der Waals surface area contributed by atoms with Crippen molar-refractivity contribution >= 4 is 18.3 Å². The van der Waals surface area contributed by atoms with Crippen molar-refractivity contribution in [3.05, 3.63) is 35.9 Å². The number of hydroxylamine groups is 2. The molecule has 2 saturated carbocycles. The van der Waals surface area contributed by atoms with E-state index < -0.39 is 0 Å². The van der Waals surface area contributed by atoms with Gasteiger partial charge in [0.25, 0.3) is 0 Å². The summed E-state index contributed by atoms with van der Waals surface area (Å²) >= 11 is 0. The Balaban J connectivity index is 1.41. The lowest BCUT2D eigenvalue weighted by Gasteiger charge is -2.31.